The van der Waals surface area contributed by atoms with E-state index < -0.39 is 23.8 Å². The molecule has 212 valence electrons. The number of nitrogens with zero attached hydrogens (tertiary/aromatic N) is 1. The van der Waals surface area contributed by atoms with E-state index in [1.54, 1.807) is 51.5 Å². The summed E-state index contributed by atoms with van der Waals surface area (Å²) in [5, 5.41) is 8.34. The molecule has 1 aromatic carbocycles. The Balaban J connectivity index is 1.84. The van der Waals surface area contributed by atoms with Gasteiger partial charge >= 0.3 is 6.09 Å². The molecule has 1 aromatic rings. The Morgan fingerprint density at radius 3 is 2.37 bits per heavy atom. The summed E-state index contributed by atoms with van der Waals surface area (Å²) in [6, 6.07) is 6.02. The van der Waals surface area contributed by atoms with Crippen molar-refractivity contribution in [1.29, 1.82) is 0 Å². The maximum atomic E-state index is 13.2. The fourth-order valence-electron chi connectivity index (χ4n) is 4.11. The van der Waals surface area contributed by atoms with Gasteiger partial charge in [0.05, 0.1) is 7.11 Å². The van der Waals surface area contributed by atoms with Crippen LogP contribution in [0.2, 0.25) is 0 Å². The minimum Gasteiger partial charge on any atom is -0.496 e. The molecule has 1 aliphatic heterocycles. The fraction of sp³-hybridized carbons (Fsp3) is 0.630. The van der Waals surface area contributed by atoms with Crippen molar-refractivity contribution in [3.8, 4) is 5.75 Å². The van der Waals surface area contributed by atoms with Gasteiger partial charge in [-0.05, 0) is 65.0 Å². The summed E-state index contributed by atoms with van der Waals surface area (Å²) in [6.45, 7) is 8.05. The lowest BCUT2D eigenvalue weighted by molar-refractivity contribution is -0.138. The second-order valence-corrected chi connectivity index (χ2v) is 11.3. The molecular formula is C27H42N4O6S. The minimum absolute atomic E-state index is 0.173. The van der Waals surface area contributed by atoms with Crippen LogP contribution in [0, 0.1) is 5.92 Å². The van der Waals surface area contributed by atoms with Crippen LogP contribution in [-0.2, 0) is 25.7 Å². The number of thioether (sulfide) groups is 1. The largest absolute Gasteiger partial charge is 0.496 e. The number of methoxy groups -OCH3 is 1. The number of hydrogen-bond donors (Lipinski definition) is 3. The molecule has 0 unspecified atom stereocenters. The first kappa shape index (κ1) is 31.3. The van der Waals surface area contributed by atoms with Crippen LogP contribution in [0.5, 0.6) is 5.75 Å². The molecule has 38 heavy (non-hydrogen) atoms. The van der Waals surface area contributed by atoms with Crippen molar-refractivity contribution in [3.05, 3.63) is 29.8 Å². The lowest BCUT2D eigenvalue weighted by atomic mass is 9.95. The van der Waals surface area contributed by atoms with Crippen LogP contribution in [0.15, 0.2) is 24.3 Å². The molecule has 0 bridgehead atoms. The standard InChI is InChI=1S/C27H42N4O6S/c1-18(23(32)28-17-20-9-7-8-10-22(20)36-5)29-24(33)19-11-14-31(15-12-19)25(34)21(13-16-38-6)30-26(35)37-27(2,3)4/h7-10,18-19,21H,11-17H2,1-6H3,(H,28,32)(H,29,33)(H,30,35)/t18-,21-/m0/s1. The third-order valence-electron chi connectivity index (χ3n) is 6.17. The van der Waals surface area contributed by atoms with Gasteiger partial charge in [0.2, 0.25) is 17.7 Å². The highest BCUT2D eigenvalue weighted by Gasteiger charge is 2.33. The average Bonchev–Trinajstić information content (AvgIpc) is 2.88. The lowest BCUT2D eigenvalue weighted by Gasteiger charge is -2.34. The summed E-state index contributed by atoms with van der Waals surface area (Å²) in [4.78, 5) is 52.5. The predicted octanol–water partition coefficient (Wildman–Crippen LogP) is 2.70. The van der Waals surface area contributed by atoms with Crippen molar-refractivity contribution in [2.24, 2.45) is 5.92 Å². The number of rotatable bonds is 11. The van der Waals surface area contributed by atoms with E-state index in [4.69, 9.17) is 9.47 Å². The maximum absolute atomic E-state index is 13.2. The van der Waals surface area contributed by atoms with Crippen molar-refractivity contribution >= 4 is 35.6 Å². The average molecular weight is 551 g/mol. The zero-order valence-electron chi connectivity index (χ0n) is 23.3. The lowest BCUT2D eigenvalue weighted by Crippen LogP contribution is -2.53. The van der Waals surface area contributed by atoms with Crippen molar-refractivity contribution in [3.63, 3.8) is 0 Å². The Labute approximate surface area is 229 Å². The van der Waals surface area contributed by atoms with Gasteiger partial charge < -0.3 is 30.3 Å². The van der Waals surface area contributed by atoms with Crippen LogP contribution < -0.4 is 20.7 Å². The van der Waals surface area contributed by atoms with Crippen molar-refractivity contribution in [1.82, 2.24) is 20.9 Å². The van der Waals surface area contributed by atoms with E-state index in [1.165, 1.54) is 0 Å². The van der Waals surface area contributed by atoms with Crippen molar-refractivity contribution < 1.29 is 28.7 Å². The van der Waals surface area contributed by atoms with Gasteiger partial charge in [0.25, 0.3) is 0 Å². The number of ether oxygens (including phenoxy) is 2. The summed E-state index contributed by atoms with van der Waals surface area (Å²) in [6.07, 6.45) is 2.77. The van der Waals surface area contributed by atoms with Crippen LogP contribution in [0.3, 0.4) is 0 Å². The molecule has 1 fully saturated rings. The summed E-state index contributed by atoms with van der Waals surface area (Å²) < 4.78 is 10.6. The highest BCUT2D eigenvalue weighted by atomic mass is 32.2. The molecule has 1 saturated heterocycles. The number of carbonyl (C=O) groups is 4. The first-order valence-electron chi connectivity index (χ1n) is 12.9. The van der Waals surface area contributed by atoms with E-state index in [0.29, 0.717) is 50.4 Å². The first-order chi connectivity index (χ1) is 17.9. The quantitative estimate of drug-likeness (QED) is 0.387. The maximum Gasteiger partial charge on any atom is 0.408 e. The summed E-state index contributed by atoms with van der Waals surface area (Å²) >= 11 is 1.60. The Morgan fingerprint density at radius 2 is 1.76 bits per heavy atom. The highest BCUT2D eigenvalue weighted by Crippen LogP contribution is 2.20. The highest BCUT2D eigenvalue weighted by molar-refractivity contribution is 7.98. The number of hydrogen-bond acceptors (Lipinski definition) is 7. The summed E-state index contributed by atoms with van der Waals surface area (Å²) in [5.74, 6) is 0.425. The van der Waals surface area contributed by atoms with Crippen molar-refractivity contribution in [2.75, 3.05) is 32.2 Å². The minimum atomic E-state index is -0.703. The van der Waals surface area contributed by atoms with Crippen molar-refractivity contribution in [2.45, 2.75) is 71.2 Å². The molecule has 0 saturated carbocycles. The molecule has 10 nitrogen and oxygen atoms in total. The molecular weight excluding hydrogens is 508 g/mol. The molecule has 2 rings (SSSR count). The number of likely N-dealkylation sites (tertiary alicyclic amines) is 1. The Hall–Kier alpha value is -2.95. The summed E-state index contributed by atoms with van der Waals surface area (Å²) in [5.41, 5.74) is 0.182. The molecule has 1 heterocycles. The molecule has 0 spiro atoms. The van der Waals surface area contributed by atoms with Crippen LogP contribution in [0.1, 0.15) is 52.5 Å². The smallest absolute Gasteiger partial charge is 0.408 e. The number of alkyl carbamates (subject to hydrolysis) is 1. The van der Waals surface area contributed by atoms with E-state index in [-0.39, 0.29) is 23.6 Å². The number of para-hydroxylation sites is 1. The molecule has 3 N–H and O–H groups in total. The Morgan fingerprint density at radius 1 is 1.11 bits per heavy atom. The number of nitrogens with one attached hydrogen (secondary N) is 3. The molecule has 1 aliphatic rings. The van der Waals surface area contributed by atoms with E-state index in [1.807, 2.05) is 30.5 Å². The number of benzene rings is 1. The molecule has 4 amide bonds. The van der Waals surface area contributed by atoms with Gasteiger partial charge in [0, 0.05) is 31.1 Å². The number of amides is 4. The van der Waals surface area contributed by atoms with Crippen LogP contribution in [-0.4, -0.2) is 78.6 Å². The summed E-state index contributed by atoms with van der Waals surface area (Å²) in [7, 11) is 1.57. The second-order valence-electron chi connectivity index (χ2n) is 10.3. The monoisotopic (exact) mass is 550 g/mol. The van der Waals surface area contributed by atoms with Crippen LogP contribution in [0.4, 0.5) is 4.79 Å². The zero-order valence-corrected chi connectivity index (χ0v) is 24.1. The first-order valence-corrected chi connectivity index (χ1v) is 14.3. The third-order valence-corrected chi connectivity index (χ3v) is 6.82. The van der Waals surface area contributed by atoms with Crippen LogP contribution >= 0.6 is 11.8 Å². The molecule has 0 radical (unpaired) electrons. The van der Waals surface area contributed by atoms with Crippen LogP contribution in [0.25, 0.3) is 0 Å². The van der Waals surface area contributed by atoms with Gasteiger partial charge in [-0.25, -0.2) is 4.79 Å². The number of piperidine rings is 1. The zero-order chi connectivity index (χ0) is 28.3. The SMILES string of the molecule is COc1ccccc1CNC(=O)[C@H](C)NC(=O)C1CCN(C(=O)[C@H](CCSC)NC(=O)OC(C)(C)C)CC1. The second kappa shape index (κ2) is 14.8. The van der Waals surface area contributed by atoms with Gasteiger partial charge in [-0.2, -0.15) is 11.8 Å². The van der Waals surface area contributed by atoms with Gasteiger partial charge in [-0.15, -0.1) is 0 Å². The molecule has 0 aromatic heterocycles. The molecule has 11 heteroatoms. The third kappa shape index (κ3) is 10.1. The number of carbonyl (C=O) groups excluding carboxylic acids is 4. The molecule has 0 aliphatic carbocycles. The van der Waals surface area contributed by atoms with Gasteiger partial charge in [0.15, 0.2) is 0 Å². The van der Waals surface area contributed by atoms with Gasteiger partial charge in [-0.1, -0.05) is 18.2 Å². The van der Waals surface area contributed by atoms with E-state index in [0.717, 1.165) is 5.56 Å². The molecule has 2 atom stereocenters. The Kier molecular flexibility index (Phi) is 12.2. The Bertz CT molecular complexity index is 959. The van der Waals surface area contributed by atoms with E-state index in [9.17, 15) is 19.2 Å². The topological polar surface area (TPSA) is 126 Å². The normalized spacial score (nSPS) is 15.7. The predicted molar refractivity (Wildman–Crippen MR) is 148 cm³/mol. The van der Waals surface area contributed by atoms with E-state index >= 15 is 0 Å². The van der Waals surface area contributed by atoms with E-state index in [2.05, 4.69) is 16.0 Å². The van der Waals surface area contributed by atoms with Gasteiger partial charge in [0.1, 0.15) is 23.4 Å². The van der Waals surface area contributed by atoms with Gasteiger partial charge in [-0.3, -0.25) is 14.4 Å². The fourth-order valence-corrected chi connectivity index (χ4v) is 4.58.